The number of carbonyl (C=O) groups excluding carboxylic acids is 2. The van der Waals surface area contributed by atoms with Gasteiger partial charge in [-0.05, 0) is 43.0 Å². The number of ether oxygens (including phenoxy) is 6. The molecule has 2 fully saturated rings. The second kappa shape index (κ2) is 15.1. The van der Waals surface area contributed by atoms with Crippen LogP contribution in [0, 0.1) is 5.92 Å². The molecule has 1 N–H and O–H groups in total. The summed E-state index contributed by atoms with van der Waals surface area (Å²) in [5.74, 6) is 2.14. The van der Waals surface area contributed by atoms with Gasteiger partial charge in [-0.1, -0.05) is 21.8 Å². The number of rotatable bonds is 8. The van der Waals surface area contributed by atoms with Gasteiger partial charge in [0.1, 0.15) is 40.2 Å². The van der Waals surface area contributed by atoms with Crippen LogP contribution in [0.1, 0.15) is 68.2 Å². The van der Waals surface area contributed by atoms with E-state index in [2.05, 4.69) is 16.4 Å². The predicted octanol–water partition coefficient (Wildman–Crippen LogP) is 5.32. The number of esters is 2. The second-order valence-corrected chi connectivity index (χ2v) is 8.89. The fourth-order valence-corrected chi connectivity index (χ4v) is 3.99. The molecule has 2 saturated carbocycles. The van der Waals surface area contributed by atoms with Crippen LogP contribution in [0.5, 0.6) is 23.0 Å². The van der Waals surface area contributed by atoms with Gasteiger partial charge in [0, 0.05) is 25.0 Å². The number of hydrogen-bond donors (Lipinski definition) is 1. The molecule has 9 nitrogen and oxygen atoms in total. The lowest BCUT2D eigenvalue weighted by atomic mass is 9.84. The van der Waals surface area contributed by atoms with Gasteiger partial charge in [0.05, 0.1) is 40.6 Å². The highest BCUT2D eigenvalue weighted by Gasteiger charge is 2.29. The van der Waals surface area contributed by atoms with Crippen molar-refractivity contribution < 1.29 is 43.1 Å². The normalized spacial score (nSPS) is 20.8. The van der Waals surface area contributed by atoms with Crippen molar-refractivity contribution in [2.45, 2.75) is 65.8 Å². The highest BCUT2D eigenvalue weighted by Crippen LogP contribution is 2.33. The third-order valence-corrected chi connectivity index (χ3v) is 6.16. The van der Waals surface area contributed by atoms with Gasteiger partial charge in [-0.2, -0.15) is 0 Å². The highest BCUT2D eigenvalue weighted by molar-refractivity contribution is 5.93. The van der Waals surface area contributed by atoms with E-state index in [1.165, 1.54) is 28.4 Å². The first-order valence-corrected chi connectivity index (χ1v) is 11.8. The summed E-state index contributed by atoms with van der Waals surface area (Å²) in [6.07, 6.45) is 3.51. The predicted molar refractivity (Wildman–Crippen MR) is 145 cm³/mol. The molecule has 9 heteroatoms. The number of methoxy groups -OCH3 is 4. The van der Waals surface area contributed by atoms with Crippen molar-refractivity contribution in [2.24, 2.45) is 5.92 Å². The van der Waals surface area contributed by atoms with Crippen LogP contribution >= 0.6 is 0 Å². The molecule has 2 aliphatic rings. The molecular weight excluding hydrogens is 492 g/mol. The Morgan fingerprint density at radius 1 is 0.711 bits per heavy atom. The van der Waals surface area contributed by atoms with E-state index in [4.69, 9.17) is 18.9 Å². The van der Waals surface area contributed by atoms with Crippen LogP contribution in [0.3, 0.4) is 0 Å². The summed E-state index contributed by atoms with van der Waals surface area (Å²) in [5, 5.41) is 9.18. The number of aliphatic hydroxyl groups is 1. The van der Waals surface area contributed by atoms with E-state index in [1.807, 2.05) is 0 Å². The molecular formula is C29H42O9. The zero-order valence-corrected chi connectivity index (χ0v) is 21.3. The maximum absolute atomic E-state index is 11.5. The van der Waals surface area contributed by atoms with Gasteiger partial charge in [-0.3, -0.25) is 0 Å². The van der Waals surface area contributed by atoms with Crippen LogP contribution in [0.2, 0.25) is 0 Å². The Morgan fingerprint density at radius 2 is 1.11 bits per heavy atom. The average Bonchev–Trinajstić information content (AvgIpc) is 2.86. The van der Waals surface area contributed by atoms with E-state index in [1.54, 1.807) is 36.4 Å². The van der Waals surface area contributed by atoms with E-state index in [0.29, 0.717) is 41.2 Å². The van der Waals surface area contributed by atoms with Gasteiger partial charge in [0.25, 0.3) is 0 Å². The summed E-state index contributed by atoms with van der Waals surface area (Å²) in [7, 11) is 5.68. The zero-order valence-electron chi connectivity index (χ0n) is 21.3. The summed E-state index contributed by atoms with van der Waals surface area (Å²) in [5.41, 5.74) is 0.773. The Kier molecular flexibility index (Phi) is 12.9. The summed E-state index contributed by atoms with van der Waals surface area (Å²) in [6.45, 7) is 2.21. The van der Waals surface area contributed by atoms with Gasteiger partial charge in [0.15, 0.2) is 0 Å². The maximum Gasteiger partial charge on any atom is 0.341 e. The SMILES string of the molecule is C.C.COC(=O)c1ccc(OC2CC(C)C2)cc1OC.COC(=O)c1ccc(OC2CC(O)C2)cc1OC. The molecule has 0 radical (unpaired) electrons. The van der Waals surface area contributed by atoms with Crippen molar-refractivity contribution in [1.29, 1.82) is 0 Å². The molecule has 212 valence electrons. The van der Waals surface area contributed by atoms with Gasteiger partial charge in [-0.15, -0.1) is 0 Å². The smallest absolute Gasteiger partial charge is 0.341 e. The van der Waals surface area contributed by atoms with Crippen LogP contribution in [-0.2, 0) is 9.47 Å². The first kappa shape index (κ1) is 32.6. The molecule has 38 heavy (non-hydrogen) atoms. The average molecular weight is 535 g/mol. The van der Waals surface area contributed by atoms with Crippen LogP contribution in [0.4, 0.5) is 0 Å². The molecule has 0 amide bonds. The second-order valence-electron chi connectivity index (χ2n) is 8.89. The van der Waals surface area contributed by atoms with Crippen molar-refractivity contribution in [1.82, 2.24) is 0 Å². The summed E-state index contributed by atoms with van der Waals surface area (Å²) >= 11 is 0. The number of hydrogen-bond acceptors (Lipinski definition) is 9. The summed E-state index contributed by atoms with van der Waals surface area (Å²) in [6, 6.07) is 10.1. The van der Waals surface area contributed by atoms with Crippen molar-refractivity contribution in [2.75, 3.05) is 28.4 Å². The van der Waals surface area contributed by atoms with Gasteiger partial charge in [-0.25, -0.2) is 9.59 Å². The Bertz CT molecular complexity index is 957. The monoisotopic (exact) mass is 534 g/mol. The standard InChI is InChI=1S/C14H18O4.C13H16O5.2CH4/c1-9-6-11(7-9)18-10-4-5-12(14(15)17-3)13(8-10)16-2;1-16-12-7-9(18-10-5-8(14)6-10)3-4-11(12)13(15)17-2;;/h4-5,8-9,11H,6-7H2,1-3H3;3-4,7-8,10,14H,5-6H2,1-2H3;2*1H4. The summed E-state index contributed by atoms with van der Waals surface area (Å²) in [4.78, 5) is 23.0. The topological polar surface area (TPSA) is 110 Å². The molecule has 4 rings (SSSR count). The molecule has 2 aromatic carbocycles. The lowest BCUT2D eigenvalue weighted by Crippen LogP contribution is -2.37. The fourth-order valence-electron chi connectivity index (χ4n) is 3.99. The van der Waals surface area contributed by atoms with E-state index in [0.717, 1.165) is 24.5 Å². The molecule has 0 aliphatic heterocycles. The van der Waals surface area contributed by atoms with Gasteiger partial charge >= 0.3 is 11.9 Å². The van der Waals surface area contributed by atoms with E-state index in [9.17, 15) is 14.7 Å². The fraction of sp³-hybridized carbons (Fsp3) is 0.517. The maximum atomic E-state index is 11.5. The van der Waals surface area contributed by atoms with Crippen LogP contribution in [0.25, 0.3) is 0 Å². The third kappa shape index (κ3) is 8.28. The van der Waals surface area contributed by atoms with E-state index < -0.39 is 11.9 Å². The molecule has 0 aromatic heterocycles. The number of carbonyl (C=O) groups is 2. The van der Waals surface area contributed by atoms with Gasteiger partial charge in [0.2, 0.25) is 0 Å². The summed E-state index contributed by atoms with van der Waals surface area (Å²) < 4.78 is 31.1. The lowest BCUT2D eigenvalue weighted by Gasteiger charge is -2.32. The van der Waals surface area contributed by atoms with Crippen molar-refractivity contribution in [3.05, 3.63) is 47.5 Å². The molecule has 0 bridgehead atoms. The Morgan fingerprint density at radius 3 is 1.42 bits per heavy atom. The van der Waals surface area contributed by atoms with Crippen molar-refractivity contribution in [3.8, 4) is 23.0 Å². The molecule has 2 aromatic rings. The Balaban J connectivity index is 0.000000361. The number of aliphatic hydroxyl groups excluding tert-OH is 1. The molecule has 0 heterocycles. The Hall–Kier alpha value is -3.46. The Labute approximate surface area is 225 Å². The van der Waals surface area contributed by atoms with Crippen LogP contribution in [-0.4, -0.2) is 63.8 Å². The van der Waals surface area contributed by atoms with Crippen molar-refractivity contribution in [3.63, 3.8) is 0 Å². The van der Waals surface area contributed by atoms with Crippen molar-refractivity contribution >= 4 is 11.9 Å². The minimum Gasteiger partial charge on any atom is -0.496 e. The molecule has 0 spiro atoms. The van der Waals surface area contributed by atoms with Crippen LogP contribution in [0.15, 0.2) is 36.4 Å². The molecule has 0 atom stereocenters. The lowest BCUT2D eigenvalue weighted by molar-refractivity contribution is -0.0108. The highest BCUT2D eigenvalue weighted by atomic mass is 16.5. The third-order valence-electron chi connectivity index (χ3n) is 6.16. The zero-order chi connectivity index (χ0) is 26.2. The quantitative estimate of drug-likeness (QED) is 0.450. The molecule has 0 saturated heterocycles. The van der Waals surface area contributed by atoms with E-state index in [-0.39, 0.29) is 33.2 Å². The minimum absolute atomic E-state index is 0. The van der Waals surface area contributed by atoms with Gasteiger partial charge < -0.3 is 33.5 Å². The largest absolute Gasteiger partial charge is 0.496 e. The number of benzene rings is 2. The molecule has 0 unspecified atom stereocenters. The minimum atomic E-state index is -0.447. The first-order valence-electron chi connectivity index (χ1n) is 11.8. The first-order chi connectivity index (χ1) is 17.3. The molecule has 2 aliphatic carbocycles. The van der Waals surface area contributed by atoms with Crippen LogP contribution < -0.4 is 18.9 Å². The van der Waals surface area contributed by atoms with E-state index >= 15 is 0 Å².